The van der Waals surface area contributed by atoms with Gasteiger partial charge in [0.15, 0.2) is 5.78 Å². The Labute approximate surface area is 73.9 Å². The van der Waals surface area contributed by atoms with E-state index in [0.717, 1.165) is 12.8 Å². The maximum atomic E-state index is 11.4. The van der Waals surface area contributed by atoms with Crippen LogP contribution >= 0.6 is 0 Å². The average molecular weight is 165 g/mol. The molecule has 0 aliphatic rings. The first-order chi connectivity index (χ1) is 5.67. The van der Waals surface area contributed by atoms with E-state index in [1.54, 1.807) is 13.0 Å². The zero-order valence-electron chi connectivity index (χ0n) is 7.92. The monoisotopic (exact) mass is 165 g/mol. The van der Waals surface area contributed by atoms with E-state index >= 15 is 0 Å². The van der Waals surface area contributed by atoms with Gasteiger partial charge in [0, 0.05) is 5.92 Å². The van der Waals surface area contributed by atoms with E-state index in [-0.39, 0.29) is 17.3 Å². The molecule has 1 unspecified atom stereocenters. The number of hydrogen-bond acceptors (Lipinski definition) is 2. The molecule has 66 valence electrons. The molecule has 0 heterocycles. The number of hydrogen-bond donors (Lipinski definition) is 0. The van der Waals surface area contributed by atoms with Gasteiger partial charge in [0.1, 0.15) is 6.07 Å². The summed E-state index contributed by atoms with van der Waals surface area (Å²) in [6.07, 6.45) is 3.42. The standard InChI is InChI=1S/C10H15NO/c1-4-6-8(3)10(12)9(5-2)7-11/h5,8H,4,6H2,1-3H3/b9-5+. The van der Waals surface area contributed by atoms with Crippen LogP contribution in [-0.2, 0) is 4.79 Å². The number of allylic oxidation sites excluding steroid dienone is 2. The molecule has 1 atom stereocenters. The maximum Gasteiger partial charge on any atom is 0.175 e. The molecule has 0 saturated heterocycles. The number of rotatable bonds is 4. The molecule has 0 aliphatic carbocycles. The summed E-state index contributed by atoms with van der Waals surface area (Å²) in [6, 6.07) is 1.90. The van der Waals surface area contributed by atoms with Gasteiger partial charge in [-0.15, -0.1) is 0 Å². The van der Waals surface area contributed by atoms with Crippen molar-refractivity contribution in [3.05, 3.63) is 11.6 Å². The minimum Gasteiger partial charge on any atom is -0.293 e. The third kappa shape index (κ3) is 2.87. The van der Waals surface area contributed by atoms with E-state index in [1.807, 2.05) is 19.9 Å². The lowest BCUT2D eigenvalue weighted by Gasteiger charge is -2.06. The third-order valence-electron chi connectivity index (χ3n) is 1.84. The Morgan fingerprint density at radius 1 is 1.67 bits per heavy atom. The zero-order chi connectivity index (χ0) is 9.56. The highest BCUT2D eigenvalue weighted by atomic mass is 16.1. The fourth-order valence-corrected chi connectivity index (χ4v) is 1.09. The van der Waals surface area contributed by atoms with Crippen molar-refractivity contribution in [2.45, 2.75) is 33.6 Å². The van der Waals surface area contributed by atoms with Crippen molar-refractivity contribution >= 4 is 5.78 Å². The van der Waals surface area contributed by atoms with Gasteiger partial charge in [-0.2, -0.15) is 5.26 Å². The van der Waals surface area contributed by atoms with Crippen molar-refractivity contribution in [1.29, 1.82) is 5.26 Å². The van der Waals surface area contributed by atoms with Crippen molar-refractivity contribution in [3.63, 3.8) is 0 Å². The van der Waals surface area contributed by atoms with Crippen LogP contribution in [0.15, 0.2) is 11.6 Å². The van der Waals surface area contributed by atoms with E-state index in [0.29, 0.717) is 0 Å². The second-order valence-electron chi connectivity index (χ2n) is 2.87. The molecule has 0 spiro atoms. The molecule has 12 heavy (non-hydrogen) atoms. The summed E-state index contributed by atoms with van der Waals surface area (Å²) in [5, 5.41) is 8.57. The zero-order valence-corrected chi connectivity index (χ0v) is 7.92. The Bertz CT molecular complexity index is 222. The van der Waals surface area contributed by atoms with Gasteiger partial charge in [0.2, 0.25) is 0 Å². The Balaban J connectivity index is 4.30. The molecule has 0 fully saturated rings. The molecule has 0 saturated carbocycles. The van der Waals surface area contributed by atoms with Crippen LogP contribution < -0.4 is 0 Å². The minimum atomic E-state index is -0.0261. The Kier molecular flexibility index (Phi) is 5.03. The lowest BCUT2D eigenvalue weighted by Crippen LogP contribution is -2.12. The number of ketones is 1. The van der Waals surface area contributed by atoms with Crippen LogP contribution in [0.5, 0.6) is 0 Å². The molecule has 0 bridgehead atoms. The molecule has 2 nitrogen and oxygen atoms in total. The molecule has 0 aliphatic heterocycles. The smallest absolute Gasteiger partial charge is 0.175 e. The fourth-order valence-electron chi connectivity index (χ4n) is 1.09. The molecule has 0 N–H and O–H groups in total. The SMILES string of the molecule is C/C=C(\C#N)C(=O)C(C)CCC. The fraction of sp³-hybridized carbons (Fsp3) is 0.600. The van der Waals surface area contributed by atoms with Crippen LogP contribution in [0, 0.1) is 17.2 Å². The lowest BCUT2D eigenvalue weighted by atomic mass is 9.96. The largest absolute Gasteiger partial charge is 0.293 e. The van der Waals surface area contributed by atoms with Gasteiger partial charge in [0.05, 0.1) is 5.57 Å². The second-order valence-corrected chi connectivity index (χ2v) is 2.87. The quantitative estimate of drug-likeness (QED) is 0.474. The summed E-state index contributed by atoms with van der Waals surface area (Å²) in [5.41, 5.74) is 0.288. The van der Waals surface area contributed by atoms with Crippen LogP contribution in [0.2, 0.25) is 0 Å². The molecule has 0 aromatic carbocycles. The van der Waals surface area contributed by atoms with Gasteiger partial charge in [0.25, 0.3) is 0 Å². The summed E-state index contributed by atoms with van der Waals surface area (Å²) in [4.78, 5) is 11.4. The van der Waals surface area contributed by atoms with Crippen LogP contribution in [-0.4, -0.2) is 5.78 Å². The van der Waals surface area contributed by atoms with E-state index in [2.05, 4.69) is 0 Å². The van der Waals surface area contributed by atoms with E-state index in [4.69, 9.17) is 5.26 Å². The summed E-state index contributed by atoms with van der Waals surface area (Å²) >= 11 is 0. The predicted molar refractivity (Wildman–Crippen MR) is 48.4 cm³/mol. The number of Topliss-reactive ketones (excluding diaryl/α,β-unsaturated/α-hetero) is 1. The first-order valence-electron chi connectivity index (χ1n) is 4.28. The number of carbonyl (C=O) groups is 1. The molecule has 0 rings (SSSR count). The first-order valence-corrected chi connectivity index (χ1v) is 4.28. The molecule has 0 aromatic rings. The Morgan fingerprint density at radius 3 is 2.58 bits per heavy atom. The van der Waals surface area contributed by atoms with Crippen LogP contribution in [0.1, 0.15) is 33.6 Å². The van der Waals surface area contributed by atoms with Gasteiger partial charge in [-0.1, -0.05) is 26.3 Å². The van der Waals surface area contributed by atoms with Gasteiger partial charge < -0.3 is 0 Å². The van der Waals surface area contributed by atoms with Crippen molar-refractivity contribution < 1.29 is 4.79 Å². The van der Waals surface area contributed by atoms with E-state index in [9.17, 15) is 4.79 Å². The van der Waals surface area contributed by atoms with Crippen LogP contribution in [0.25, 0.3) is 0 Å². The summed E-state index contributed by atoms with van der Waals surface area (Å²) in [6.45, 7) is 5.62. The number of nitrogens with zero attached hydrogens (tertiary/aromatic N) is 1. The molecule has 2 heteroatoms. The van der Waals surface area contributed by atoms with Gasteiger partial charge >= 0.3 is 0 Å². The molecular formula is C10H15NO. The Hall–Kier alpha value is -1.10. The predicted octanol–water partition coefficient (Wildman–Crippen LogP) is 2.46. The van der Waals surface area contributed by atoms with E-state index in [1.165, 1.54) is 0 Å². The summed E-state index contributed by atoms with van der Waals surface area (Å²) in [5.74, 6) is -0.0392. The topological polar surface area (TPSA) is 40.9 Å². The lowest BCUT2D eigenvalue weighted by molar-refractivity contribution is -0.118. The van der Waals surface area contributed by atoms with Crippen LogP contribution in [0.4, 0.5) is 0 Å². The number of carbonyl (C=O) groups excluding carboxylic acids is 1. The van der Waals surface area contributed by atoms with Gasteiger partial charge in [-0.3, -0.25) is 4.79 Å². The molecule has 0 amide bonds. The van der Waals surface area contributed by atoms with Gasteiger partial charge in [-0.05, 0) is 13.3 Å². The van der Waals surface area contributed by atoms with Gasteiger partial charge in [-0.25, -0.2) is 0 Å². The molecule has 0 aromatic heterocycles. The highest BCUT2D eigenvalue weighted by molar-refractivity contribution is 6.00. The van der Waals surface area contributed by atoms with Crippen molar-refractivity contribution in [2.24, 2.45) is 5.92 Å². The summed E-state index contributed by atoms with van der Waals surface area (Å²) < 4.78 is 0. The van der Waals surface area contributed by atoms with Crippen molar-refractivity contribution in [1.82, 2.24) is 0 Å². The Morgan fingerprint density at radius 2 is 2.25 bits per heavy atom. The average Bonchev–Trinajstić information content (AvgIpc) is 2.07. The summed E-state index contributed by atoms with van der Waals surface area (Å²) in [7, 11) is 0. The minimum absolute atomic E-state index is 0.0131. The molecular weight excluding hydrogens is 150 g/mol. The second kappa shape index (κ2) is 5.54. The van der Waals surface area contributed by atoms with Crippen LogP contribution in [0.3, 0.4) is 0 Å². The molecule has 0 radical (unpaired) electrons. The highest BCUT2D eigenvalue weighted by Crippen LogP contribution is 2.11. The normalized spacial score (nSPS) is 13.7. The maximum absolute atomic E-state index is 11.4. The highest BCUT2D eigenvalue weighted by Gasteiger charge is 2.15. The van der Waals surface area contributed by atoms with Crippen molar-refractivity contribution in [2.75, 3.05) is 0 Å². The number of nitriles is 1. The van der Waals surface area contributed by atoms with E-state index < -0.39 is 0 Å². The van der Waals surface area contributed by atoms with Crippen molar-refractivity contribution in [3.8, 4) is 6.07 Å². The first kappa shape index (κ1) is 10.9. The third-order valence-corrected chi connectivity index (χ3v) is 1.84.